The maximum Gasteiger partial charge on any atom is 0.275 e. The van der Waals surface area contributed by atoms with E-state index in [2.05, 4.69) is 10.2 Å². The van der Waals surface area contributed by atoms with E-state index in [0.29, 0.717) is 31.4 Å². The highest BCUT2D eigenvalue weighted by molar-refractivity contribution is 5.79. The Morgan fingerprint density at radius 2 is 1.62 bits per heavy atom. The molecule has 29 heavy (non-hydrogen) atoms. The van der Waals surface area contributed by atoms with E-state index in [-0.39, 0.29) is 11.5 Å². The van der Waals surface area contributed by atoms with Gasteiger partial charge in [-0.25, -0.2) is 0 Å². The van der Waals surface area contributed by atoms with Crippen molar-refractivity contribution in [2.45, 2.75) is 45.1 Å². The summed E-state index contributed by atoms with van der Waals surface area (Å²) in [6.45, 7) is 4.47. The quantitative estimate of drug-likeness (QED) is 0.670. The maximum absolute atomic E-state index is 12.9. The van der Waals surface area contributed by atoms with E-state index in [1.165, 1.54) is 25.7 Å². The highest BCUT2D eigenvalue weighted by Gasteiger charge is 2.11. The van der Waals surface area contributed by atoms with Gasteiger partial charge in [0.2, 0.25) is 5.91 Å². The number of fused-ring (bicyclic) bond motifs is 3. The van der Waals surface area contributed by atoms with Crippen LogP contribution < -0.4 is 10.9 Å². The predicted molar refractivity (Wildman–Crippen MR) is 116 cm³/mol. The third kappa shape index (κ3) is 4.53. The maximum atomic E-state index is 12.9. The van der Waals surface area contributed by atoms with Gasteiger partial charge in [-0.3, -0.25) is 9.59 Å². The minimum atomic E-state index is -0.00438. The highest BCUT2D eigenvalue weighted by atomic mass is 16.1. The number of para-hydroxylation sites is 2. The summed E-state index contributed by atoms with van der Waals surface area (Å²) in [5.41, 5.74) is 2.58. The first-order valence-electron chi connectivity index (χ1n) is 10.8. The molecule has 0 radical (unpaired) electrons. The van der Waals surface area contributed by atoms with Gasteiger partial charge in [0, 0.05) is 32.3 Å². The van der Waals surface area contributed by atoms with Crippen LogP contribution in [0.2, 0.25) is 0 Å². The Balaban J connectivity index is 1.33. The zero-order valence-corrected chi connectivity index (χ0v) is 17.0. The van der Waals surface area contributed by atoms with Crippen LogP contribution in [0.15, 0.2) is 47.4 Å². The molecule has 0 spiro atoms. The van der Waals surface area contributed by atoms with Crippen LogP contribution in [0.4, 0.5) is 0 Å². The van der Waals surface area contributed by atoms with Crippen molar-refractivity contribution in [1.29, 1.82) is 0 Å². The molecule has 6 heteroatoms. The summed E-state index contributed by atoms with van der Waals surface area (Å²) in [5, 5.41) is 3.04. The average Bonchev–Trinajstić information content (AvgIpc) is 3.09. The number of rotatable bonds is 7. The number of nitrogens with one attached hydrogen (secondary N) is 1. The minimum absolute atomic E-state index is 0.00438. The fraction of sp³-hybridized carbons (Fsp3) is 0.478. The number of hydrogen-bond donors (Lipinski definition) is 1. The summed E-state index contributed by atoms with van der Waals surface area (Å²) in [7, 11) is 0. The molecular weight excluding hydrogens is 364 g/mol. The largest absolute Gasteiger partial charge is 0.355 e. The number of amides is 1. The first-order valence-corrected chi connectivity index (χ1v) is 10.8. The monoisotopic (exact) mass is 394 g/mol. The lowest BCUT2D eigenvalue weighted by Gasteiger charge is -2.19. The molecule has 0 saturated carbocycles. The van der Waals surface area contributed by atoms with Crippen molar-refractivity contribution in [3.63, 3.8) is 0 Å². The Bertz CT molecular complexity index is 1030. The zero-order chi connectivity index (χ0) is 20.1. The summed E-state index contributed by atoms with van der Waals surface area (Å²) >= 11 is 0. The van der Waals surface area contributed by atoms with Crippen molar-refractivity contribution in [3.8, 4) is 0 Å². The van der Waals surface area contributed by atoms with Gasteiger partial charge in [-0.15, -0.1) is 0 Å². The van der Waals surface area contributed by atoms with Crippen LogP contribution in [-0.4, -0.2) is 46.0 Å². The standard InChI is InChI=1S/C23H30N4O2/c28-22(24-13-18-25-14-5-1-2-6-15-25)12-8-17-27-20-10-4-3-9-19(20)26-16-7-11-21(26)23(27)29/h3-4,7,9-11,16H,1-2,5-6,8,12-15,17-18H2,(H,24,28). The number of carbonyl (C=O) groups is 1. The summed E-state index contributed by atoms with van der Waals surface area (Å²) in [5.74, 6) is 0.0703. The van der Waals surface area contributed by atoms with E-state index in [1.807, 2.05) is 47.0 Å². The molecule has 0 aliphatic carbocycles. The lowest BCUT2D eigenvalue weighted by molar-refractivity contribution is -0.121. The van der Waals surface area contributed by atoms with E-state index >= 15 is 0 Å². The first-order chi connectivity index (χ1) is 14.2. The molecule has 0 atom stereocenters. The Morgan fingerprint density at radius 3 is 2.41 bits per heavy atom. The lowest BCUT2D eigenvalue weighted by atomic mass is 10.2. The second-order valence-corrected chi connectivity index (χ2v) is 7.92. The van der Waals surface area contributed by atoms with Crippen LogP contribution in [0.3, 0.4) is 0 Å². The van der Waals surface area contributed by atoms with Gasteiger partial charge in [0.05, 0.1) is 11.0 Å². The molecule has 6 nitrogen and oxygen atoms in total. The van der Waals surface area contributed by atoms with Crippen LogP contribution in [0.1, 0.15) is 38.5 Å². The Hall–Kier alpha value is -2.60. The molecule has 1 N–H and O–H groups in total. The van der Waals surface area contributed by atoms with Gasteiger partial charge < -0.3 is 19.2 Å². The molecule has 2 aromatic heterocycles. The average molecular weight is 395 g/mol. The lowest BCUT2D eigenvalue weighted by Crippen LogP contribution is -2.35. The number of benzene rings is 1. The highest BCUT2D eigenvalue weighted by Crippen LogP contribution is 2.15. The fourth-order valence-electron chi connectivity index (χ4n) is 4.33. The zero-order valence-electron chi connectivity index (χ0n) is 17.0. The van der Waals surface area contributed by atoms with Gasteiger partial charge in [-0.2, -0.15) is 0 Å². The molecule has 3 heterocycles. The molecule has 0 bridgehead atoms. The summed E-state index contributed by atoms with van der Waals surface area (Å²) in [6.07, 6.45) is 8.19. The van der Waals surface area contributed by atoms with Gasteiger partial charge in [0.25, 0.3) is 5.56 Å². The molecule has 1 aliphatic rings. The van der Waals surface area contributed by atoms with Gasteiger partial charge in [0.1, 0.15) is 5.52 Å². The molecule has 0 unspecified atom stereocenters. The number of nitrogens with zero attached hydrogens (tertiary/aromatic N) is 3. The smallest absolute Gasteiger partial charge is 0.275 e. The van der Waals surface area contributed by atoms with Crippen LogP contribution >= 0.6 is 0 Å². The second-order valence-electron chi connectivity index (χ2n) is 7.92. The Kier molecular flexibility index (Phi) is 6.30. The molecule has 1 aliphatic heterocycles. The predicted octanol–water partition coefficient (Wildman–Crippen LogP) is 3.03. The molecule has 4 rings (SSSR count). The van der Waals surface area contributed by atoms with Crippen molar-refractivity contribution in [2.24, 2.45) is 0 Å². The SMILES string of the molecule is O=C(CCCn1c(=O)c2cccn2c2ccccc21)NCCN1CCCCCC1. The van der Waals surface area contributed by atoms with Crippen molar-refractivity contribution in [1.82, 2.24) is 19.2 Å². The van der Waals surface area contributed by atoms with E-state index in [0.717, 1.165) is 30.7 Å². The summed E-state index contributed by atoms with van der Waals surface area (Å²) < 4.78 is 3.74. The van der Waals surface area contributed by atoms with Crippen LogP contribution in [0, 0.1) is 0 Å². The minimum Gasteiger partial charge on any atom is -0.355 e. The van der Waals surface area contributed by atoms with Crippen molar-refractivity contribution < 1.29 is 4.79 Å². The van der Waals surface area contributed by atoms with Crippen molar-refractivity contribution >= 4 is 22.5 Å². The van der Waals surface area contributed by atoms with Gasteiger partial charge in [-0.1, -0.05) is 25.0 Å². The number of carbonyl (C=O) groups excluding carboxylic acids is 1. The Labute approximate surface area is 171 Å². The van der Waals surface area contributed by atoms with Crippen LogP contribution in [-0.2, 0) is 11.3 Å². The van der Waals surface area contributed by atoms with E-state index in [4.69, 9.17) is 0 Å². The number of aromatic nitrogens is 2. The molecule has 1 amide bonds. The molecular formula is C23H30N4O2. The van der Waals surface area contributed by atoms with Gasteiger partial charge >= 0.3 is 0 Å². The number of hydrogen-bond acceptors (Lipinski definition) is 3. The van der Waals surface area contributed by atoms with Crippen molar-refractivity contribution in [2.75, 3.05) is 26.2 Å². The fourth-order valence-corrected chi connectivity index (χ4v) is 4.33. The molecule has 1 saturated heterocycles. The molecule has 3 aromatic rings. The molecule has 1 aromatic carbocycles. The van der Waals surface area contributed by atoms with E-state index in [1.54, 1.807) is 4.57 Å². The van der Waals surface area contributed by atoms with Crippen LogP contribution in [0.25, 0.3) is 16.6 Å². The van der Waals surface area contributed by atoms with E-state index < -0.39 is 0 Å². The number of aryl methyl sites for hydroxylation is 1. The topological polar surface area (TPSA) is 58.8 Å². The molecule has 1 fully saturated rings. The first kappa shape index (κ1) is 19.7. The summed E-state index contributed by atoms with van der Waals surface area (Å²) in [6, 6.07) is 11.7. The van der Waals surface area contributed by atoms with Gasteiger partial charge in [0.15, 0.2) is 0 Å². The second kappa shape index (κ2) is 9.27. The Morgan fingerprint density at radius 1 is 0.897 bits per heavy atom. The van der Waals surface area contributed by atoms with Crippen molar-refractivity contribution in [3.05, 3.63) is 52.9 Å². The normalized spacial score (nSPS) is 15.6. The summed E-state index contributed by atoms with van der Waals surface area (Å²) in [4.78, 5) is 27.6. The molecule has 154 valence electrons. The van der Waals surface area contributed by atoms with Crippen LogP contribution in [0.5, 0.6) is 0 Å². The third-order valence-electron chi connectivity index (χ3n) is 5.88. The number of likely N-dealkylation sites (tertiary alicyclic amines) is 1. The third-order valence-corrected chi connectivity index (χ3v) is 5.88. The van der Waals surface area contributed by atoms with Gasteiger partial charge in [-0.05, 0) is 56.6 Å². The van der Waals surface area contributed by atoms with E-state index in [9.17, 15) is 9.59 Å².